The van der Waals surface area contributed by atoms with Gasteiger partial charge in [-0.3, -0.25) is 9.59 Å². The van der Waals surface area contributed by atoms with E-state index in [1.54, 1.807) is 24.1 Å². The van der Waals surface area contributed by atoms with Crippen LogP contribution in [0, 0.1) is 17.8 Å². The molecule has 2 fully saturated rings. The summed E-state index contributed by atoms with van der Waals surface area (Å²) in [4.78, 5) is 27.2. The van der Waals surface area contributed by atoms with Crippen molar-refractivity contribution in [1.29, 1.82) is 0 Å². The summed E-state index contributed by atoms with van der Waals surface area (Å²) in [7, 11) is 1.58. The Labute approximate surface area is 149 Å². The van der Waals surface area contributed by atoms with Gasteiger partial charge in [-0.2, -0.15) is 0 Å². The van der Waals surface area contributed by atoms with Crippen LogP contribution in [-0.4, -0.2) is 36.9 Å². The average molecular weight is 344 g/mol. The summed E-state index contributed by atoms with van der Waals surface area (Å²) in [6.07, 6.45) is 5.51. The fourth-order valence-electron chi connectivity index (χ4n) is 4.43. The minimum absolute atomic E-state index is 0.110. The molecule has 0 aromatic heterocycles. The van der Waals surface area contributed by atoms with E-state index in [0.717, 1.165) is 18.8 Å². The SMILES string of the molecule is CCCN(CC(=O)Nc1ccccc1OC)C(=O)C1CC2CCC1C2. The van der Waals surface area contributed by atoms with E-state index in [9.17, 15) is 9.59 Å². The molecule has 2 aliphatic carbocycles. The van der Waals surface area contributed by atoms with Crippen LogP contribution in [0.4, 0.5) is 5.69 Å². The minimum Gasteiger partial charge on any atom is -0.495 e. The van der Waals surface area contributed by atoms with Gasteiger partial charge in [0.2, 0.25) is 11.8 Å². The van der Waals surface area contributed by atoms with Crippen LogP contribution < -0.4 is 10.1 Å². The van der Waals surface area contributed by atoms with Gasteiger partial charge >= 0.3 is 0 Å². The summed E-state index contributed by atoms with van der Waals surface area (Å²) in [5, 5.41) is 2.87. The van der Waals surface area contributed by atoms with Crippen molar-refractivity contribution in [3.63, 3.8) is 0 Å². The van der Waals surface area contributed by atoms with Crippen molar-refractivity contribution >= 4 is 17.5 Å². The Bertz CT molecular complexity index is 631. The predicted octanol–water partition coefficient (Wildman–Crippen LogP) is 3.31. The third-order valence-corrected chi connectivity index (χ3v) is 5.58. The number of benzene rings is 1. The normalized spacial score (nSPS) is 24.2. The van der Waals surface area contributed by atoms with E-state index in [4.69, 9.17) is 4.74 Å². The van der Waals surface area contributed by atoms with E-state index in [1.807, 2.05) is 19.1 Å². The molecule has 2 saturated carbocycles. The summed E-state index contributed by atoms with van der Waals surface area (Å²) in [5.41, 5.74) is 0.638. The highest BCUT2D eigenvalue weighted by atomic mass is 16.5. The zero-order valence-corrected chi connectivity index (χ0v) is 15.2. The number of methoxy groups -OCH3 is 1. The Hall–Kier alpha value is -2.04. The van der Waals surface area contributed by atoms with E-state index in [1.165, 1.54) is 19.3 Å². The molecule has 0 spiro atoms. The second-order valence-corrected chi connectivity index (χ2v) is 7.29. The maximum atomic E-state index is 13.0. The molecule has 5 heteroatoms. The lowest BCUT2D eigenvalue weighted by atomic mass is 9.87. The largest absolute Gasteiger partial charge is 0.495 e. The van der Waals surface area contributed by atoms with Gasteiger partial charge in [-0.05, 0) is 49.7 Å². The van der Waals surface area contributed by atoms with E-state index in [-0.39, 0.29) is 24.3 Å². The van der Waals surface area contributed by atoms with Crippen LogP contribution in [-0.2, 0) is 9.59 Å². The molecule has 3 atom stereocenters. The number of para-hydroxylation sites is 2. The maximum absolute atomic E-state index is 13.0. The molecule has 0 aliphatic heterocycles. The molecule has 0 saturated heterocycles. The minimum atomic E-state index is -0.172. The molecule has 2 amide bonds. The molecular formula is C20H28N2O3. The molecule has 1 aromatic rings. The first-order chi connectivity index (χ1) is 12.1. The highest BCUT2D eigenvalue weighted by molar-refractivity contribution is 5.96. The van der Waals surface area contributed by atoms with Gasteiger partial charge in [0.25, 0.3) is 0 Å². The average Bonchev–Trinajstić information content (AvgIpc) is 3.24. The highest BCUT2D eigenvalue weighted by Crippen LogP contribution is 2.48. The number of carbonyl (C=O) groups excluding carboxylic acids is 2. The molecule has 0 heterocycles. The predicted molar refractivity (Wildman–Crippen MR) is 97.4 cm³/mol. The first-order valence-electron chi connectivity index (χ1n) is 9.34. The Kier molecular flexibility index (Phi) is 5.61. The van der Waals surface area contributed by atoms with Crippen LogP contribution in [0.15, 0.2) is 24.3 Å². The number of anilines is 1. The smallest absolute Gasteiger partial charge is 0.244 e. The summed E-state index contributed by atoms with van der Waals surface area (Å²) < 4.78 is 5.27. The van der Waals surface area contributed by atoms with Crippen LogP contribution in [0.2, 0.25) is 0 Å². The van der Waals surface area contributed by atoms with Crippen molar-refractivity contribution in [3.05, 3.63) is 24.3 Å². The number of nitrogens with zero attached hydrogens (tertiary/aromatic N) is 1. The number of nitrogens with one attached hydrogen (secondary N) is 1. The summed E-state index contributed by atoms with van der Waals surface area (Å²) in [5.74, 6) is 2.01. The van der Waals surface area contributed by atoms with E-state index in [2.05, 4.69) is 5.32 Å². The Balaban J connectivity index is 1.63. The van der Waals surface area contributed by atoms with Gasteiger partial charge < -0.3 is 15.0 Å². The summed E-state index contributed by atoms with van der Waals surface area (Å²) in [6.45, 7) is 2.78. The van der Waals surface area contributed by atoms with E-state index in [0.29, 0.717) is 23.9 Å². The molecule has 1 N–H and O–H groups in total. The lowest BCUT2D eigenvalue weighted by Gasteiger charge is -2.29. The lowest BCUT2D eigenvalue weighted by Crippen LogP contribution is -2.43. The van der Waals surface area contributed by atoms with E-state index >= 15 is 0 Å². The Morgan fingerprint density at radius 3 is 2.68 bits per heavy atom. The topological polar surface area (TPSA) is 58.6 Å². The molecular weight excluding hydrogens is 316 g/mol. The number of ether oxygens (including phenoxy) is 1. The first-order valence-corrected chi connectivity index (χ1v) is 9.34. The van der Waals surface area contributed by atoms with Crippen LogP contribution in [0.25, 0.3) is 0 Å². The number of fused-ring (bicyclic) bond motifs is 2. The summed E-state index contributed by atoms with van der Waals surface area (Å²) in [6, 6.07) is 7.32. The van der Waals surface area contributed by atoms with Gasteiger partial charge in [0.1, 0.15) is 5.75 Å². The van der Waals surface area contributed by atoms with Crippen molar-refractivity contribution in [2.75, 3.05) is 25.5 Å². The van der Waals surface area contributed by atoms with Crippen molar-refractivity contribution in [3.8, 4) is 5.75 Å². The lowest BCUT2D eigenvalue weighted by molar-refractivity contribution is -0.139. The standard InChI is InChI=1S/C20H28N2O3/c1-3-10-22(20(24)16-12-14-8-9-15(16)11-14)13-19(23)21-17-6-4-5-7-18(17)25-2/h4-7,14-16H,3,8-13H2,1-2H3,(H,21,23). The Morgan fingerprint density at radius 2 is 2.04 bits per heavy atom. The fraction of sp³-hybridized carbons (Fsp3) is 0.600. The quantitative estimate of drug-likeness (QED) is 0.825. The molecule has 2 bridgehead atoms. The third kappa shape index (κ3) is 3.97. The van der Waals surface area contributed by atoms with Gasteiger partial charge in [-0.25, -0.2) is 0 Å². The fourth-order valence-corrected chi connectivity index (χ4v) is 4.43. The van der Waals surface area contributed by atoms with E-state index < -0.39 is 0 Å². The van der Waals surface area contributed by atoms with Crippen molar-refractivity contribution in [2.24, 2.45) is 17.8 Å². The number of rotatable bonds is 7. The molecule has 2 aliphatic rings. The highest BCUT2D eigenvalue weighted by Gasteiger charge is 2.44. The number of carbonyl (C=O) groups is 2. The summed E-state index contributed by atoms with van der Waals surface area (Å²) >= 11 is 0. The van der Waals surface area contributed by atoms with Crippen LogP contribution in [0.5, 0.6) is 5.75 Å². The molecule has 5 nitrogen and oxygen atoms in total. The van der Waals surface area contributed by atoms with Gasteiger partial charge in [0.15, 0.2) is 0 Å². The maximum Gasteiger partial charge on any atom is 0.244 e. The Morgan fingerprint density at radius 1 is 1.24 bits per heavy atom. The zero-order chi connectivity index (χ0) is 17.8. The van der Waals surface area contributed by atoms with Crippen LogP contribution in [0.1, 0.15) is 39.0 Å². The van der Waals surface area contributed by atoms with Crippen LogP contribution in [0.3, 0.4) is 0 Å². The van der Waals surface area contributed by atoms with Crippen molar-refractivity contribution < 1.29 is 14.3 Å². The first kappa shape index (κ1) is 17.8. The molecule has 3 unspecified atom stereocenters. The molecule has 25 heavy (non-hydrogen) atoms. The van der Waals surface area contributed by atoms with Gasteiger partial charge in [-0.15, -0.1) is 0 Å². The molecule has 136 valence electrons. The van der Waals surface area contributed by atoms with Gasteiger partial charge in [0.05, 0.1) is 19.3 Å². The molecule has 1 aromatic carbocycles. The van der Waals surface area contributed by atoms with Crippen LogP contribution >= 0.6 is 0 Å². The third-order valence-electron chi connectivity index (χ3n) is 5.58. The number of hydrogen-bond acceptors (Lipinski definition) is 3. The zero-order valence-electron chi connectivity index (χ0n) is 15.2. The van der Waals surface area contributed by atoms with Crippen molar-refractivity contribution in [1.82, 2.24) is 4.90 Å². The number of hydrogen-bond donors (Lipinski definition) is 1. The molecule has 0 radical (unpaired) electrons. The second kappa shape index (κ2) is 7.89. The van der Waals surface area contributed by atoms with Gasteiger partial charge in [0, 0.05) is 12.5 Å². The monoisotopic (exact) mass is 344 g/mol. The van der Waals surface area contributed by atoms with Crippen molar-refractivity contribution in [2.45, 2.75) is 39.0 Å². The number of amides is 2. The van der Waals surface area contributed by atoms with Gasteiger partial charge in [-0.1, -0.05) is 25.5 Å². The second-order valence-electron chi connectivity index (χ2n) is 7.29. The molecule has 3 rings (SSSR count).